The number of benzene rings is 1. The van der Waals surface area contributed by atoms with Crippen LogP contribution in [0.5, 0.6) is 0 Å². The molecular weight excluding hydrogens is 236 g/mol. The minimum atomic E-state index is -0.377. The van der Waals surface area contributed by atoms with Crippen molar-refractivity contribution in [3.05, 3.63) is 66.5 Å². The normalized spacial score (nSPS) is 28.3. The van der Waals surface area contributed by atoms with E-state index in [-0.39, 0.29) is 18.0 Å². The maximum atomic E-state index is 12.0. The number of Topliss-reactive ketones (excluding diaryl/α,β-unsaturated/α-hetero) is 1. The molecule has 3 rings (SSSR count). The highest BCUT2D eigenvalue weighted by Gasteiger charge is 2.49. The molecule has 0 N–H and O–H groups in total. The molecule has 1 aromatic rings. The summed E-state index contributed by atoms with van der Waals surface area (Å²) in [5, 5.41) is 0.648. The molecule has 1 aliphatic carbocycles. The fourth-order valence-electron chi connectivity index (χ4n) is 1.96. The van der Waals surface area contributed by atoms with E-state index in [1.165, 1.54) is 0 Å². The third-order valence-electron chi connectivity index (χ3n) is 2.91. The maximum absolute atomic E-state index is 12.0. The summed E-state index contributed by atoms with van der Waals surface area (Å²) < 4.78 is 5.44. The van der Waals surface area contributed by atoms with Crippen LogP contribution in [0, 0.1) is 31.6 Å². The summed E-state index contributed by atoms with van der Waals surface area (Å²) in [4.78, 5) is 12.0. The van der Waals surface area contributed by atoms with E-state index in [1.807, 2.05) is 37.1 Å². The number of ether oxygens (including phenoxy) is 1. The lowest BCUT2D eigenvalue weighted by molar-refractivity contribution is -0.117. The molecule has 2 atom stereocenters. The topological polar surface area (TPSA) is 29.6 Å². The predicted molar refractivity (Wildman–Crippen MR) is 64.5 cm³/mol. The van der Waals surface area contributed by atoms with Gasteiger partial charge >= 0.3 is 0 Å². The van der Waals surface area contributed by atoms with Crippen LogP contribution in [0.15, 0.2) is 24.3 Å². The zero-order valence-electron chi connectivity index (χ0n) is 8.97. The van der Waals surface area contributed by atoms with E-state index in [9.17, 15) is 4.79 Å². The van der Waals surface area contributed by atoms with E-state index < -0.39 is 0 Å². The van der Waals surface area contributed by atoms with E-state index in [4.69, 9.17) is 16.3 Å². The zero-order valence-corrected chi connectivity index (χ0v) is 9.72. The van der Waals surface area contributed by atoms with Crippen LogP contribution < -0.4 is 0 Å². The molecule has 1 saturated heterocycles. The van der Waals surface area contributed by atoms with E-state index in [0.29, 0.717) is 10.9 Å². The summed E-state index contributed by atoms with van der Waals surface area (Å²) in [5.74, 6) is 0.726. The standard InChI is InChI=1S/C14H10ClO2/c15-11-8-4-3-7-10(11)13-14(17-13)12(16)9-5-1-2-6-9/h1-8,13-14H/t13-,14-/m1/s1. The van der Waals surface area contributed by atoms with Crippen molar-refractivity contribution in [2.75, 3.05) is 0 Å². The summed E-state index contributed by atoms with van der Waals surface area (Å²) in [5.41, 5.74) is 0.888. The number of ketones is 1. The Balaban J connectivity index is 1.70. The number of rotatable bonds is 3. The number of halogens is 1. The molecule has 85 valence electrons. The summed E-state index contributed by atoms with van der Waals surface area (Å²) in [6.45, 7) is 0. The van der Waals surface area contributed by atoms with Gasteiger partial charge in [-0.2, -0.15) is 0 Å². The molecule has 0 bridgehead atoms. The molecule has 0 amide bonds. The second-order valence-electron chi connectivity index (χ2n) is 4.04. The van der Waals surface area contributed by atoms with Crippen LogP contribution >= 0.6 is 11.6 Å². The molecule has 0 aromatic heterocycles. The van der Waals surface area contributed by atoms with Crippen molar-refractivity contribution in [1.29, 1.82) is 0 Å². The molecule has 2 aliphatic rings. The molecule has 2 fully saturated rings. The summed E-state index contributed by atoms with van der Waals surface area (Å²) in [6.07, 6.45) is 6.73. The van der Waals surface area contributed by atoms with Gasteiger partial charge in [0.05, 0.1) is 5.92 Å². The first kappa shape index (κ1) is 11.2. The van der Waals surface area contributed by atoms with Gasteiger partial charge in [0.2, 0.25) is 0 Å². The molecule has 1 aromatic carbocycles. The average Bonchev–Trinajstić information content (AvgIpc) is 2.93. The zero-order chi connectivity index (χ0) is 11.8. The lowest BCUT2D eigenvalue weighted by atomic mass is 9.97. The first-order valence-corrected chi connectivity index (χ1v) is 5.81. The van der Waals surface area contributed by atoms with Crippen LogP contribution in [-0.2, 0) is 9.53 Å². The van der Waals surface area contributed by atoms with Gasteiger partial charge in [-0.05, 0) is 31.7 Å². The molecule has 1 saturated carbocycles. The molecule has 5 radical (unpaired) electrons. The monoisotopic (exact) mass is 245 g/mol. The largest absolute Gasteiger partial charge is 0.356 e. The first-order valence-electron chi connectivity index (χ1n) is 5.43. The Morgan fingerprint density at radius 2 is 1.88 bits per heavy atom. The van der Waals surface area contributed by atoms with E-state index in [1.54, 1.807) is 12.8 Å². The van der Waals surface area contributed by atoms with Crippen LogP contribution in [0.4, 0.5) is 0 Å². The lowest BCUT2D eigenvalue weighted by Gasteiger charge is -2.03. The third-order valence-corrected chi connectivity index (χ3v) is 3.25. The summed E-state index contributed by atoms with van der Waals surface area (Å²) in [7, 11) is 0. The number of carbonyl (C=O) groups is 1. The number of carbonyl (C=O) groups excluding carboxylic acids is 1. The Morgan fingerprint density at radius 3 is 2.59 bits per heavy atom. The van der Waals surface area contributed by atoms with E-state index in [2.05, 4.69) is 0 Å². The molecule has 1 aliphatic heterocycles. The van der Waals surface area contributed by atoms with Crippen molar-refractivity contribution < 1.29 is 9.53 Å². The first-order chi connectivity index (χ1) is 8.27. The second-order valence-corrected chi connectivity index (χ2v) is 4.44. The maximum Gasteiger partial charge on any atom is 0.172 e. The SMILES string of the molecule is O=C([C]1[CH][CH][CH][CH]1)[C@H]1O[C@@H]1c1ccccc1Cl. The van der Waals surface area contributed by atoms with E-state index in [0.717, 1.165) is 5.56 Å². The molecule has 0 spiro atoms. The Hall–Kier alpha value is -0.860. The Labute approximate surface area is 106 Å². The van der Waals surface area contributed by atoms with Gasteiger partial charge in [0.25, 0.3) is 0 Å². The van der Waals surface area contributed by atoms with Crippen molar-refractivity contribution in [3.8, 4) is 0 Å². The lowest BCUT2D eigenvalue weighted by Crippen LogP contribution is -2.16. The van der Waals surface area contributed by atoms with Crippen molar-refractivity contribution in [3.63, 3.8) is 0 Å². The quantitative estimate of drug-likeness (QED) is 0.767. The van der Waals surface area contributed by atoms with Crippen molar-refractivity contribution in [1.82, 2.24) is 0 Å². The smallest absolute Gasteiger partial charge is 0.172 e. The summed E-state index contributed by atoms with van der Waals surface area (Å²) >= 11 is 6.06. The fourth-order valence-corrected chi connectivity index (χ4v) is 2.20. The van der Waals surface area contributed by atoms with Crippen LogP contribution in [0.3, 0.4) is 0 Å². The molecule has 1 heterocycles. The molecule has 17 heavy (non-hydrogen) atoms. The van der Waals surface area contributed by atoms with Gasteiger partial charge in [0.15, 0.2) is 5.78 Å². The van der Waals surface area contributed by atoms with Crippen LogP contribution in [0.1, 0.15) is 11.7 Å². The van der Waals surface area contributed by atoms with Gasteiger partial charge in [-0.1, -0.05) is 29.8 Å². The Bertz CT molecular complexity index is 438. The molecule has 0 unspecified atom stereocenters. The van der Waals surface area contributed by atoms with Gasteiger partial charge in [-0.25, -0.2) is 0 Å². The van der Waals surface area contributed by atoms with Gasteiger partial charge in [0.1, 0.15) is 12.2 Å². The molecular formula is C14H10ClO2. The number of hydrogen-bond donors (Lipinski definition) is 0. The Morgan fingerprint density at radius 1 is 1.18 bits per heavy atom. The number of hydrogen-bond acceptors (Lipinski definition) is 2. The van der Waals surface area contributed by atoms with Crippen molar-refractivity contribution >= 4 is 17.4 Å². The minimum absolute atomic E-state index is 0.0277. The van der Waals surface area contributed by atoms with Crippen molar-refractivity contribution in [2.24, 2.45) is 0 Å². The highest BCUT2D eigenvalue weighted by molar-refractivity contribution is 6.31. The molecule has 3 heteroatoms. The van der Waals surface area contributed by atoms with Crippen LogP contribution in [0.25, 0.3) is 0 Å². The second kappa shape index (κ2) is 4.43. The van der Waals surface area contributed by atoms with Gasteiger partial charge in [0, 0.05) is 10.6 Å². The highest BCUT2D eigenvalue weighted by Crippen LogP contribution is 2.44. The third kappa shape index (κ3) is 2.12. The van der Waals surface area contributed by atoms with Gasteiger partial charge in [-0.3, -0.25) is 4.79 Å². The average molecular weight is 246 g/mol. The minimum Gasteiger partial charge on any atom is -0.356 e. The van der Waals surface area contributed by atoms with E-state index >= 15 is 0 Å². The molecule has 2 nitrogen and oxygen atoms in total. The predicted octanol–water partition coefficient (Wildman–Crippen LogP) is 2.75. The number of epoxide rings is 1. The summed E-state index contributed by atoms with van der Waals surface area (Å²) in [6, 6.07) is 7.46. The van der Waals surface area contributed by atoms with Crippen LogP contribution in [-0.4, -0.2) is 11.9 Å². The van der Waals surface area contributed by atoms with Crippen molar-refractivity contribution in [2.45, 2.75) is 12.2 Å². The van der Waals surface area contributed by atoms with Gasteiger partial charge < -0.3 is 4.74 Å². The Kier molecular flexibility index (Phi) is 2.93. The van der Waals surface area contributed by atoms with Crippen LogP contribution in [0.2, 0.25) is 5.02 Å². The van der Waals surface area contributed by atoms with Gasteiger partial charge in [-0.15, -0.1) is 0 Å². The fraction of sp³-hybridized carbons (Fsp3) is 0.143. The highest BCUT2D eigenvalue weighted by atomic mass is 35.5.